The number of Topliss-reactive ketones (excluding diaryl/α,β-unsaturated/α-hetero) is 1. The van der Waals surface area contributed by atoms with E-state index in [0.29, 0.717) is 24.3 Å². The van der Waals surface area contributed by atoms with Crippen LogP contribution in [0.3, 0.4) is 0 Å². The Hall–Kier alpha value is -2.03. The lowest BCUT2D eigenvalue weighted by atomic mass is 9.85. The van der Waals surface area contributed by atoms with Crippen LogP contribution < -0.4 is 4.74 Å². The largest absolute Gasteiger partial charge is 0.507 e. The summed E-state index contributed by atoms with van der Waals surface area (Å²) < 4.78 is 5.57. The molecule has 0 aromatic heterocycles. The van der Waals surface area contributed by atoms with Gasteiger partial charge in [-0.05, 0) is 43.9 Å². The number of hydrogen-bond acceptors (Lipinski definition) is 3. The summed E-state index contributed by atoms with van der Waals surface area (Å²) in [7, 11) is 0. The number of hydrogen-bond donors (Lipinski definition) is 1. The van der Waals surface area contributed by atoms with Gasteiger partial charge in [-0.1, -0.05) is 25.5 Å². The summed E-state index contributed by atoms with van der Waals surface area (Å²) in [5.74, 6) is 0.444. The van der Waals surface area contributed by atoms with Crippen LogP contribution in [0.4, 0.5) is 0 Å². The van der Waals surface area contributed by atoms with Crippen molar-refractivity contribution in [3.05, 3.63) is 47.6 Å². The Morgan fingerprint density at radius 1 is 1.36 bits per heavy atom. The van der Waals surface area contributed by atoms with Crippen LogP contribution in [0.1, 0.15) is 50.0 Å². The lowest BCUT2D eigenvalue weighted by molar-refractivity contribution is 0.0947. The maximum Gasteiger partial charge on any atom is 0.167 e. The van der Waals surface area contributed by atoms with E-state index in [4.69, 9.17) is 4.74 Å². The van der Waals surface area contributed by atoms with Crippen molar-refractivity contribution in [2.24, 2.45) is 5.41 Å². The molecule has 1 aromatic carbocycles. The Morgan fingerprint density at radius 3 is 2.50 bits per heavy atom. The molecule has 1 rings (SSSR count). The maximum absolute atomic E-state index is 12.4. The van der Waals surface area contributed by atoms with E-state index in [1.54, 1.807) is 12.1 Å². The van der Waals surface area contributed by atoms with E-state index in [1.807, 2.05) is 40.7 Å². The van der Waals surface area contributed by atoms with Crippen LogP contribution in [0.25, 0.3) is 0 Å². The summed E-state index contributed by atoms with van der Waals surface area (Å²) in [6.07, 6.45) is 4.02. The number of ketones is 1. The van der Waals surface area contributed by atoms with Crippen LogP contribution in [0, 0.1) is 12.3 Å². The van der Waals surface area contributed by atoms with E-state index in [2.05, 4.69) is 6.58 Å². The number of benzene rings is 1. The van der Waals surface area contributed by atoms with Crippen LogP contribution in [-0.4, -0.2) is 17.5 Å². The lowest BCUT2D eigenvalue weighted by Crippen LogP contribution is -2.15. The van der Waals surface area contributed by atoms with Gasteiger partial charge in [0, 0.05) is 12.5 Å². The number of aryl methyl sites for hydroxylation is 1. The quantitative estimate of drug-likeness (QED) is 0.579. The van der Waals surface area contributed by atoms with Crippen molar-refractivity contribution in [1.82, 2.24) is 0 Å². The minimum absolute atomic E-state index is 0.0305. The SMILES string of the molecule is C=CC(C)(C)CC(=O)c1c(C)cc(OCC=C(C)C)cc1O. The molecule has 3 nitrogen and oxygen atoms in total. The van der Waals surface area contributed by atoms with E-state index in [0.717, 1.165) is 5.56 Å². The Bertz CT molecular complexity index is 568. The first-order valence-electron chi connectivity index (χ1n) is 7.43. The van der Waals surface area contributed by atoms with Gasteiger partial charge in [0.15, 0.2) is 5.78 Å². The highest BCUT2D eigenvalue weighted by Gasteiger charge is 2.23. The number of rotatable bonds is 7. The fraction of sp³-hybridized carbons (Fsp3) is 0.421. The second kappa shape index (κ2) is 7.30. The van der Waals surface area contributed by atoms with Gasteiger partial charge in [-0.2, -0.15) is 0 Å². The maximum atomic E-state index is 12.4. The molecule has 0 atom stereocenters. The van der Waals surface area contributed by atoms with Gasteiger partial charge < -0.3 is 9.84 Å². The molecular formula is C19H26O3. The van der Waals surface area contributed by atoms with Crippen LogP contribution in [-0.2, 0) is 0 Å². The summed E-state index contributed by atoms with van der Waals surface area (Å²) in [5.41, 5.74) is 1.95. The van der Waals surface area contributed by atoms with E-state index in [1.165, 1.54) is 11.6 Å². The monoisotopic (exact) mass is 302 g/mol. The average Bonchev–Trinajstić information content (AvgIpc) is 2.36. The molecule has 120 valence electrons. The molecule has 0 saturated carbocycles. The topological polar surface area (TPSA) is 46.5 Å². The number of carbonyl (C=O) groups excluding carboxylic acids is 1. The second-order valence-electron chi connectivity index (χ2n) is 6.52. The second-order valence-corrected chi connectivity index (χ2v) is 6.52. The van der Waals surface area contributed by atoms with Crippen LogP contribution in [0.5, 0.6) is 11.5 Å². The zero-order chi connectivity index (χ0) is 16.9. The van der Waals surface area contributed by atoms with Crippen molar-refractivity contribution in [3.8, 4) is 11.5 Å². The number of phenolic OH excluding ortho intramolecular Hbond substituents is 1. The highest BCUT2D eigenvalue weighted by Crippen LogP contribution is 2.32. The summed E-state index contributed by atoms with van der Waals surface area (Å²) in [6, 6.07) is 3.28. The molecular weight excluding hydrogens is 276 g/mol. The fourth-order valence-corrected chi connectivity index (χ4v) is 2.06. The first kappa shape index (κ1) is 18.0. The van der Waals surface area contributed by atoms with Gasteiger partial charge >= 0.3 is 0 Å². The first-order valence-corrected chi connectivity index (χ1v) is 7.43. The molecule has 0 saturated heterocycles. The molecule has 0 aliphatic carbocycles. The molecule has 0 aliphatic rings. The zero-order valence-electron chi connectivity index (χ0n) is 14.2. The van der Waals surface area contributed by atoms with Crippen LogP contribution in [0.15, 0.2) is 36.4 Å². The number of aromatic hydroxyl groups is 1. The van der Waals surface area contributed by atoms with Gasteiger partial charge in [-0.15, -0.1) is 6.58 Å². The van der Waals surface area contributed by atoms with Gasteiger partial charge in [0.2, 0.25) is 0 Å². The molecule has 0 fully saturated rings. The van der Waals surface area contributed by atoms with Crippen molar-refractivity contribution in [2.45, 2.75) is 41.0 Å². The van der Waals surface area contributed by atoms with Crippen molar-refractivity contribution < 1.29 is 14.6 Å². The van der Waals surface area contributed by atoms with Gasteiger partial charge in [0.1, 0.15) is 18.1 Å². The van der Waals surface area contributed by atoms with Crippen molar-refractivity contribution in [2.75, 3.05) is 6.61 Å². The standard InChI is InChI=1S/C19H26O3/c1-7-19(5,6)12-17(21)18-14(4)10-15(11-16(18)20)22-9-8-13(2)3/h7-8,10-11,20H,1,9,12H2,2-6H3. The summed E-state index contributed by atoms with van der Waals surface area (Å²) in [6.45, 7) is 13.9. The van der Waals surface area contributed by atoms with E-state index < -0.39 is 0 Å². The number of ether oxygens (including phenoxy) is 1. The minimum Gasteiger partial charge on any atom is -0.507 e. The Labute approximate surface area is 133 Å². The van der Waals surface area contributed by atoms with Crippen molar-refractivity contribution in [3.63, 3.8) is 0 Å². The molecule has 0 unspecified atom stereocenters. The van der Waals surface area contributed by atoms with Crippen LogP contribution >= 0.6 is 0 Å². The van der Waals surface area contributed by atoms with Gasteiger partial charge in [0.25, 0.3) is 0 Å². The number of carbonyl (C=O) groups is 1. The summed E-state index contributed by atoms with van der Waals surface area (Å²) in [5, 5.41) is 10.2. The third-order valence-corrected chi connectivity index (χ3v) is 3.48. The van der Waals surface area contributed by atoms with E-state index in [-0.39, 0.29) is 16.9 Å². The van der Waals surface area contributed by atoms with Gasteiger partial charge in [0.05, 0.1) is 5.56 Å². The molecule has 0 spiro atoms. The predicted octanol–water partition coefficient (Wildman–Crippen LogP) is 4.83. The molecule has 0 heterocycles. The highest BCUT2D eigenvalue weighted by atomic mass is 16.5. The Morgan fingerprint density at radius 2 is 2.00 bits per heavy atom. The normalized spacial score (nSPS) is 11.0. The molecule has 1 aromatic rings. The average molecular weight is 302 g/mol. The summed E-state index contributed by atoms with van der Waals surface area (Å²) >= 11 is 0. The molecule has 0 bridgehead atoms. The molecule has 22 heavy (non-hydrogen) atoms. The Balaban J connectivity index is 2.97. The van der Waals surface area contributed by atoms with Crippen LogP contribution in [0.2, 0.25) is 0 Å². The number of allylic oxidation sites excluding steroid dienone is 2. The molecule has 1 N–H and O–H groups in total. The smallest absolute Gasteiger partial charge is 0.167 e. The Kier molecular flexibility index (Phi) is 5.98. The highest BCUT2D eigenvalue weighted by molar-refractivity contribution is 6.00. The lowest BCUT2D eigenvalue weighted by Gasteiger charge is -2.19. The molecule has 0 amide bonds. The number of phenols is 1. The predicted molar refractivity (Wildman–Crippen MR) is 90.7 cm³/mol. The first-order chi connectivity index (χ1) is 10.2. The van der Waals surface area contributed by atoms with Crippen molar-refractivity contribution >= 4 is 5.78 Å². The van der Waals surface area contributed by atoms with E-state index in [9.17, 15) is 9.90 Å². The molecule has 0 aliphatic heterocycles. The van der Waals surface area contributed by atoms with E-state index >= 15 is 0 Å². The van der Waals surface area contributed by atoms with Crippen molar-refractivity contribution in [1.29, 1.82) is 0 Å². The summed E-state index contributed by atoms with van der Waals surface area (Å²) in [4.78, 5) is 12.4. The van der Waals surface area contributed by atoms with Gasteiger partial charge in [-0.25, -0.2) is 0 Å². The van der Waals surface area contributed by atoms with Gasteiger partial charge in [-0.3, -0.25) is 4.79 Å². The zero-order valence-corrected chi connectivity index (χ0v) is 14.2. The molecule has 3 heteroatoms. The third kappa shape index (κ3) is 5.06. The fourth-order valence-electron chi connectivity index (χ4n) is 2.06. The molecule has 0 radical (unpaired) electrons. The minimum atomic E-state index is -0.297. The third-order valence-electron chi connectivity index (χ3n) is 3.48.